The molecule has 1 aromatic rings. The Labute approximate surface area is 115 Å². The maximum Gasteiger partial charge on any atom is 0.123 e. The van der Waals surface area contributed by atoms with E-state index in [0.29, 0.717) is 19.1 Å². The van der Waals surface area contributed by atoms with Gasteiger partial charge in [-0.15, -0.1) is 0 Å². The standard InChI is InChI=1S/C15H24FNO2/c1-12(2)10-17(8-9-19-3)11-15(18)13-4-6-14(16)7-5-13/h4-7,12,15,18H,8-11H2,1-3H3. The van der Waals surface area contributed by atoms with Crippen molar-refractivity contribution >= 4 is 0 Å². The largest absolute Gasteiger partial charge is 0.387 e. The summed E-state index contributed by atoms with van der Waals surface area (Å²) in [5.74, 6) is 0.242. The highest BCUT2D eigenvalue weighted by Crippen LogP contribution is 2.15. The van der Waals surface area contributed by atoms with Crippen LogP contribution in [0.3, 0.4) is 0 Å². The number of aliphatic hydroxyl groups excluding tert-OH is 1. The first-order valence-corrected chi connectivity index (χ1v) is 6.67. The molecule has 0 saturated heterocycles. The Balaban J connectivity index is 2.58. The number of nitrogens with zero attached hydrogens (tertiary/aromatic N) is 1. The van der Waals surface area contributed by atoms with Gasteiger partial charge in [-0.3, -0.25) is 4.90 Å². The third-order valence-electron chi connectivity index (χ3n) is 2.92. The number of benzene rings is 1. The van der Waals surface area contributed by atoms with Crippen LogP contribution in [0.4, 0.5) is 4.39 Å². The first-order valence-electron chi connectivity index (χ1n) is 6.67. The number of hydrogen-bond donors (Lipinski definition) is 1. The quantitative estimate of drug-likeness (QED) is 0.787. The van der Waals surface area contributed by atoms with Crippen LogP contribution in [0.25, 0.3) is 0 Å². The van der Waals surface area contributed by atoms with Crippen molar-refractivity contribution in [1.29, 1.82) is 0 Å². The van der Waals surface area contributed by atoms with Crippen LogP contribution in [0.5, 0.6) is 0 Å². The lowest BCUT2D eigenvalue weighted by atomic mass is 10.1. The van der Waals surface area contributed by atoms with E-state index in [1.54, 1.807) is 19.2 Å². The minimum absolute atomic E-state index is 0.283. The maximum atomic E-state index is 12.8. The molecule has 19 heavy (non-hydrogen) atoms. The molecule has 0 bridgehead atoms. The topological polar surface area (TPSA) is 32.7 Å². The van der Waals surface area contributed by atoms with Crippen LogP contribution in [0.15, 0.2) is 24.3 Å². The van der Waals surface area contributed by atoms with Gasteiger partial charge in [-0.1, -0.05) is 26.0 Å². The lowest BCUT2D eigenvalue weighted by Gasteiger charge is -2.26. The second kappa shape index (κ2) is 8.25. The first-order chi connectivity index (χ1) is 9.02. The van der Waals surface area contributed by atoms with Gasteiger partial charge in [-0.05, 0) is 23.6 Å². The molecule has 0 aromatic heterocycles. The Morgan fingerprint density at radius 3 is 2.37 bits per heavy atom. The molecule has 1 rings (SSSR count). The van der Waals surface area contributed by atoms with Gasteiger partial charge in [0.2, 0.25) is 0 Å². The van der Waals surface area contributed by atoms with E-state index in [0.717, 1.165) is 18.7 Å². The summed E-state index contributed by atoms with van der Waals surface area (Å²) in [6.45, 7) is 7.15. The molecule has 0 aliphatic rings. The summed E-state index contributed by atoms with van der Waals surface area (Å²) in [7, 11) is 1.67. The van der Waals surface area contributed by atoms with E-state index in [-0.39, 0.29) is 5.82 Å². The molecule has 1 atom stereocenters. The molecule has 0 spiro atoms. The van der Waals surface area contributed by atoms with Gasteiger partial charge in [-0.2, -0.15) is 0 Å². The summed E-state index contributed by atoms with van der Waals surface area (Å²) in [6, 6.07) is 6.01. The first kappa shape index (κ1) is 16.1. The molecule has 0 amide bonds. The zero-order valence-electron chi connectivity index (χ0n) is 12.0. The van der Waals surface area contributed by atoms with E-state index in [1.165, 1.54) is 12.1 Å². The molecule has 1 aromatic carbocycles. The third-order valence-corrected chi connectivity index (χ3v) is 2.92. The van der Waals surface area contributed by atoms with Gasteiger partial charge in [0.05, 0.1) is 12.7 Å². The molecular weight excluding hydrogens is 245 g/mol. The number of hydrogen-bond acceptors (Lipinski definition) is 3. The van der Waals surface area contributed by atoms with Crippen LogP contribution in [0, 0.1) is 11.7 Å². The van der Waals surface area contributed by atoms with E-state index in [2.05, 4.69) is 18.7 Å². The van der Waals surface area contributed by atoms with Crippen molar-refractivity contribution < 1.29 is 14.2 Å². The zero-order valence-corrected chi connectivity index (χ0v) is 12.0. The van der Waals surface area contributed by atoms with E-state index >= 15 is 0 Å². The molecule has 0 fully saturated rings. The summed E-state index contributed by atoms with van der Waals surface area (Å²) in [6.07, 6.45) is -0.601. The second-order valence-electron chi connectivity index (χ2n) is 5.21. The van der Waals surface area contributed by atoms with Crippen molar-refractivity contribution in [3.05, 3.63) is 35.6 Å². The molecule has 0 aliphatic carbocycles. The van der Waals surface area contributed by atoms with Crippen LogP contribution >= 0.6 is 0 Å². The van der Waals surface area contributed by atoms with Crippen LogP contribution in [0.2, 0.25) is 0 Å². The molecule has 0 aliphatic heterocycles. The van der Waals surface area contributed by atoms with Gasteiger partial charge < -0.3 is 9.84 Å². The summed E-state index contributed by atoms with van der Waals surface area (Å²) in [4.78, 5) is 2.17. The molecule has 4 heteroatoms. The van der Waals surface area contributed by atoms with Crippen LogP contribution in [0.1, 0.15) is 25.5 Å². The lowest BCUT2D eigenvalue weighted by molar-refractivity contribution is 0.0824. The Kier molecular flexibility index (Phi) is 6.99. The maximum absolute atomic E-state index is 12.8. The highest BCUT2D eigenvalue weighted by molar-refractivity contribution is 5.18. The van der Waals surface area contributed by atoms with Gasteiger partial charge in [0.15, 0.2) is 0 Å². The lowest BCUT2D eigenvalue weighted by Crippen LogP contribution is -2.34. The zero-order chi connectivity index (χ0) is 14.3. The summed E-state index contributed by atoms with van der Waals surface area (Å²) in [5, 5.41) is 10.2. The number of methoxy groups -OCH3 is 1. The third kappa shape index (κ3) is 6.14. The number of ether oxygens (including phenoxy) is 1. The van der Waals surface area contributed by atoms with Crippen molar-refractivity contribution in [2.75, 3.05) is 33.4 Å². The summed E-state index contributed by atoms with van der Waals surface area (Å²) < 4.78 is 17.9. The fourth-order valence-corrected chi connectivity index (χ4v) is 2.03. The minimum Gasteiger partial charge on any atom is -0.387 e. The highest BCUT2D eigenvalue weighted by Gasteiger charge is 2.14. The van der Waals surface area contributed by atoms with E-state index in [9.17, 15) is 9.50 Å². The van der Waals surface area contributed by atoms with Crippen molar-refractivity contribution in [1.82, 2.24) is 4.90 Å². The highest BCUT2D eigenvalue weighted by atomic mass is 19.1. The van der Waals surface area contributed by atoms with E-state index in [1.807, 2.05) is 0 Å². The van der Waals surface area contributed by atoms with Gasteiger partial charge in [0.25, 0.3) is 0 Å². The second-order valence-corrected chi connectivity index (χ2v) is 5.21. The van der Waals surface area contributed by atoms with Crippen molar-refractivity contribution in [3.63, 3.8) is 0 Å². The molecular formula is C15H24FNO2. The summed E-state index contributed by atoms with van der Waals surface area (Å²) >= 11 is 0. The van der Waals surface area contributed by atoms with Crippen molar-refractivity contribution in [2.45, 2.75) is 20.0 Å². The number of aliphatic hydroxyl groups is 1. The van der Waals surface area contributed by atoms with Crippen LogP contribution < -0.4 is 0 Å². The Hall–Kier alpha value is -0.970. The molecule has 1 unspecified atom stereocenters. The van der Waals surface area contributed by atoms with Gasteiger partial charge in [-0.25, -0.2) is 4.39 Å². The van der Waals surface area contributed by atoms with E-state index < -0.39 is 6.10 Å². The average molecular weight is 269 g/mol. The monoisotopic (exact) mass is 269 g/mol. The molecule has 1 N–H and O–H groups in total. The number of halogens is 1. The molecule has 0 saturated carbocycles. The predicted molar refractivity (Wildman–Crippen MR) is 74.5 cm³/mol. The van der Waals surface area contributed by atoms with Crippen LogP contribution in [-0.4, -0.2) is 43.4 Å². The van der Waals surface area contributed by atoms with Crippen molar-refractivity contribution in [2.24, 2.45) is 5.92 Å². The molecule has 0 radical (unpaired) electrons. The minimum atomic E-state index is -0.601. The molecule has 108 valence electrons. The average Bonchev–Trinajstić information content (AvgIpc) is 2.36. The van der Waals surface area contributed by atoms with E-state index in [4.69, 9.17) is 4.74 Å². The SMILES string of the molecule is COCCN(CC(C)C)CC(O)c1ccc(F)cc1. The van der Waals surface area contributed by atoms with Crippen molar-refractivity contribution in [3.8, 4) is 0 Å². The predicted octanol–water partition coefficient (Wildman–Crippen LogP) is 2.46. The fourth-order valence-electron chi connectivity index (χ4n) is 2.03. The molecule has 3 nitrogen and oxygen atoms in total. The number of rotatable bonds is 8. The summed E-state index contributed by atoms with van der Waals surface area (Å²) in [5.41, 5.74) is 0.743. The molecule has 0 heterocycles. The Morgan fingerprint density at radius 2 is 1.84 bits per heavy atom. The van der Waals surface area contributed by atoms with Gasteiger partial charge in [0.1, 0.15) is 5.82 Å². The normalized spacial score (nSPS) is 13.2. The van der Waals surface area contributed by atoms with Gasteiger partial charge >= 0.3 is 0 Å². The Morgan fingerprint density at radius 1 is 1.21 bits per heavy atom. The smallest absolute Gasteiger partial charge is 0.123 e. The Bertz CT molecular complexity index is 354. The van der Waals surface area contributed by atoms with Crippen LogP contribution in [-0.2, 0) is 4.74 Å². The van der Waals surface area contributed by atoms with Gasteiger partial charge in [0, 0.05) is 26.7 Å². The fraction of sp³-hybridized carbons (Fsp3) is 0.600.